The lowest BCUT2D eigenvalue weighted by atomic mass is 10.1. The fourth-order valence-corrected chi connectivity index (χ4v) is 3.26. The molecule has 0 unspecified atom stereocenters. The molecule has 3 aromatic rings. The minimum Gasteiger partial charge on any atom is -0.326 e. The Balaban J connectivity index is 1.72. The lowest BCUT2D eigenvalue weighted by Gasteiger charge is -2.12. The van der Waals surface area contributed by atoms with Gasteiger partial charge in [0.25, 0.3) is 11.8 Å². The van der Waals surface area contributed by atoms with Gasteiger partial charge in [-0.3, -0.25) is 14.4 Å². The van der Waals surface area contributed by atoms with Crippen molar-refractivity contribution in [3.63, 3.8) is 0 Å². The molecule has 0 bridgehead atoms. The van der Waals surface area contributed by atoms with Crippen molar-refractivity contribution in [3.8, 4) is 0 Å². The van der Waals surface area contributed by atoms with Gasteiger partial charge in [0.05, 0.1) is 21.8 Å². The number of carbonyl (C=O) groups is 3. The van der Waals surface area contributed by atoms with E-state index in [-0.39, 0.29) is 22.1 Å². The molecule has 158 valence electrons. The lowest BCUT2D eigenvalue weighted by Crippen LogP contribution is -2.17. The fourth-order valence-electron chi connectivity index (χ4n) is 2.71. The van der Waals surface area contributed by atoms with Crippen molar-refractivity contribution in [3.05, 3.63) is 86.9 Å². The second kappa shape index (κ2) is 9.83. The summed E-state index contributed by atoms with van der Waals surface area (Å²) in [7, 11) is 0. The van der Waals surface area contributed by atoms with E-state index in [9.17, 15) is 14.4 Å². The Bertz CT molecular complexity index is 1160. The molecule has 0 spiro atoms. The summed E-state index contributed by atoms with van der Waals surface area (Å²) in [6.45, 7) is 1.35. The number of anilines is 3. The monoisotopic (exact) mass is 475 g/mol. The molecule has 9 heteroatoms. The number of benzene rings is 3. The molecule has 0 fully saturated rings. The summed E-state index contributed by atoms with van der Waals surface area (Å²) in [5.74, 6) is -1.17. The number of rotatable bonds is 5. The Morgan fingerprint density at radius 2 is 1.13 bits per heavy atom. The van der Waals surface area contributed by atoms with Gasteiger partial charge in [-0.25, -0.2) is 0 Å². The zero-order chi connectivity index (χ0) is 22.5. The molecule has 0 heterocycles. The largest absolute Gasteiger partial charge is 0.326 e. The van der Waals surface area contributed by atoms with Crippen LogP contribution in [0.1, 0.15) is 27.6 Å². The van der Waals surface area contributed by atoms with Crippen LogP contribution in [-0.4, -0.2) is 17.7 Å². The van der Waals surface area contributed by atoms with Gasteiger partial charge in [0, 0.05) is 28.3 Å². The zero-order valence-corrected chi connectivity index (χ0v) is 18.4. The van der Waals surface area contributed by atoms with Crippen molar-refractivity contribution in [2.24, 2.45) is 0 Å². The standard InChI is InChI=1S/C22H16Cl3N3O3/c1-12(29)26-20-9-3-14(24)11-18(20)22(31)28-16-6-4-15(5-7-16)27-21(30)17-10-13(23)2-8-19(17)25/h2-11H,1H3,(H,26,29)(H,27,30)(H,28,31). The van der Waals surface area contributed by atoms with Crippen LogP contribution in [0.3, 0.4) is 0 Å². The predicted octanol–water partition coefficient (Wildman–Crippen LogP) is 6.11. The third-order valence-corrected chi connectivity index (χ3v) is 4.91. The Morgan fingerprint density at radius 1 is 0.645 bits per heavy atom. The number of hydrogen-bond acceptors (Lipinski definition) is 3. The minimum atomic E-state index is -0.450. The van der Waals surface area contributed by atoms with Gasteiger partial charge in [-0.05, 0) is 60.7 Å². The molecular formula is C22H16Cl3N3O3. The van der Waals surface area contributed by atoms with Gasteiger partial charge < -0.3 is 16.0 Å². The average Bonchev–Trinajstić information content (AvgIpc) is 2.72. The molecule has 0 aromatic heterocycles. The molecule has 3 amide bonds. The SMILES string of the molecule is CC(=O)Nc1ccc(Cl)cc1C(=O)Nc1ccc(NC(=O)c2cc(Cl)ccc2Cl)cc1. The van der Waals surface area contributed by atoms with Crippen LogP contribution < -0.4 is 16.0 Å². The topological polar surface area (TPSA) is 87.3 Å². The van der Waals surface area contributed by atoms with Crippen molar-refractivity contribution >= 4 is 69.6 Å². The molecule has 0 aliphatic carbocycles. The second-order valence-electron chi connectivity index (χ2n) is 6.48. The summed E-state index contributed by atoms with van der Waals surface area (Å²) in [5.41, 5.74) is 1.80. The molecule has 0 radical (unpaired) electrons. The van der Waals surface area contributed by atoms with E-state index in [0.29, 0.717) is 27.1 Å². The second-order valence-corrected chi connectivity index (χ2v) is 7.76. The lowest BCUT2D eigenvalue weighted by molar-refractivity contribution is -0.114. The van der Waals surface area contributed by atoms with E-state index in [0.717, 1.165) is 0 Å². The van der Waals surface area contributed by atoms with Crippen LogP contribution in [0.2, 0.25) is 15.1 Å². The average molecular weight is 477 g/mol. The summed E-state index contributed by atoms with van der Waals surface area (Å²) in [6.07, 6.45) is 0. The van der Waals surface area contributed by atoms with Crippen molar-refractivity contribution in [2.45, 2.75) is 6.92 Å². The molecule has 0 aliphatic heterocycles. The van der Waals surface area contributed by atoms with Gasteiger partial charge >= 0.3 is 0 Å². The fraction of sp³-hybridized carbons (Fsp3) is 0.0455. The molecule has 3 rings (SSSR count). The van der Waals surface area contributed by atoms with Crippen molar-refractivity contribution in [2.75, 3.05) is 16.0 Å². The molecule has 3 aromatic carbocycles. The van der Waals surface area contributed by atoms with Gasteiger partial charge in [0.15, 0.2) is 0 Å². The van der Waals surface area contributed by atoms with Gasteiger partial charge in [-0.2, -0.15) is 0 Å². The van der Waals surface area contributed by atoms with E-state index in [1.165, 1.54) is 19.1 Å². The summed E-state index contributed by atoms with van der Waals surface area (Å²) in [5, 5.41) is 9.07. The smallest absolute Gasteiger partial charge is 0.257 e. The third-order valence-electron chi connectivity index (χ3n) is 4.11. The first-order valence-corrected chi connectivity index (χ1v) is 10.1. The summed E-state index contributed by atoms with van der Waals surface area (Å²) in [4.78, 5) is 36.5. The van der Waals surface area contributed by atoms with Gasteiger partial charge in [0.1, 0.15) is 0 Å². The molecular weight excluding hydrogens is 461 g/mol. The Kier molecular flexibility index (Phi) is 7.17. The molecule has 0 saturated heterocycles. The van der Waals surface area contributed by atoms with E-state index in [1.54, 1.807) is 48.5 Å². The first-order chi connectivity index (χ1) is 14.7. The van der Waals surface area contributed by atoms with Crippen LogP contribution in [-0.2, 0) is 4.79 Å². The van der Waals surface area contributed by atoms with Crippen LogP contribution in [0.4, 0.5) is 17.1 Å². The van der Waals surface area contributed by atoms with Crippen molar-refractivity contribution < 1.29 is 14.4 Å². The first-order valence-electron chi connectivity index (χ1n) is 8.98. The maximum atomic E-state index is 12.7. The number of hydrogen-bond donors (Lipinski definition) is 3. The van der Waals surface area contributed by atoms with E-state index >= 15 is 0 Å². The van der Waals surface area contributed by atoms with Crippen LogP contribution in [0, 0.1) is 0 Å². The molecule has 0 saturated carbocycles. The maximum Gasteiger partial charge on any atom is 0.257 e. The number of nitrogens with one attached hydrogen (secondary N) is 3. The first kappa shape index (κ1) is 22.6. The molecule has 31 heavy (non-hydrogen) atoms. The Morgan fingerprint density at radius 3 is 1.68 bits per heavy atom. The van der Waals surface area contributed by atoms with Gasteiger partial charge in [-0.15, -0.1) is 0 Å². The molecule has 0 atom stereocenters. The number of halogens is 3. The number of carbonyl (C=O) groups excluding carboxylic acids is 3. The summed E-state index contributed by atoms with van der Waals surface area (Å²) in [6, 6.07) is 15.7. The van der Waals surface area contributed by atoms with Crippen LogP contribution >= 0.6 is 34.8 Å². The predicted molar refractivity (Wildman–Crippen MR) is 125 cm³/mol. The van der Waals surface area contributed by atoms with E-state index in [2.05, 4.69) is 16.0 Å². The summed E-state index contributed by atoms with van der Waals surface area (Å²) < 4.78 is 0. The molecule has 0 aliphatic rings. The molecule has 3 N–H and O–H groups in total. The highest BCUT2D eigenvalue weighted by Gasteiger charge is 2.14. The van der Waals surface area contributed by atoms with Crippen LogP contribution in [0.5, 0.6) is 0 Å². The van der Waals surface area contributed by atoms with Crippen molar-refractivity contribution in [1.29, 1.82) is 0 Å². The highest BCUT2D eigenvalue weighted by atomic mass is 35.5. The van der Waals surface area contributed by atoms with Gasteiger partial charge in [-0.1, -0.05) is 34.8 Å². The van der Waals surface area contributed by atoms with E-state index in [4.69, 9.17) is 34.8 Å². The minimum absolute atomic E-state index is 0.218. The quantitative estimate of drug-likeness (QED) is 0.415. The molecule has 6 nitrogen and oxygen atoms in total. The Hall–Kier alpha value is -3.06. The summed E-state index contributed by atoms with van der Waals surface area (Å²) >= 11 is 18.0. The van der Waals surface area contributed by atoms with E-state index < -0.39 is 11.8 Å². The van der Waals surface area contributed by atoms with Crippen LogP contribution in [0.25, 0.3) is 0 Å². The highest BCUT2D eigenvalue weighted by molar-refractivity contribution is 6.36. The normalized spacial score (nSPS) is 10.3. The third kappa shape index (κ3) is 5.98. The highest BCUT2D eigenvalue weighted by Crippen LogP contribution is 2.24. The van der Waals surface area contributed by atoms with E-state index in [1.807, 2.05) is 0 Å². The van der Waals surface area contributed by atoms with Crippen molar-refractivity contribution in [1.82, 2.24) is 0 Å². The van der Waals surface area contributed by atoms with Crippen LogP contribution in [0.15, 0.2) is 60.7 Å². The van der Waals surface area contributed by atoms with Gasteiger partial charge in [0.2, 0.25) is 5.91 Å². The number of amides is 3. The maximum absolute atomic E-state index is 12.7. The zero-order valence-electron chi connectivity index (χ0n) is 16.1. The Labute approximate surface area is 193 Å².